The van der Waals surface area contributed by atoms with Crippen molar-refractivity contribution in [2.45, 2.75) is 17.7 Å². The summed E-state index contributed by atoms with van der Waals surface area (Å²) in [5.41, 5.74) is 5.90. The van der Waals surface area contributed by atoms with Crippen LogP contribution in [-0.4, -0.2) is 58.5 Å². The van der Waals surface area contributed by atoms with E-state index in [9.17, 15) is 18.0 Å². The summed E-state index contributed by atoms with van der Waals surface area (Å²) in [6.07, 6.45) is 5.83. The Labute approximate surface area is 163 Å². The molecule has 3 N–H and O–H groups in total. The highest BCUT2D eigenvalue weighted by molar-refractivity contribution is 7.89. The van der Waals surface area contributed by atoms with E-state index in [1.54, 1.807) is 25.0 Å². The van der Waals surface area contributed by atoms with Crippen LogP contribution in [-0.2, 0) is 24.1 Å². The standard InChI is InChI=1S/C17H24N6O4S/c1-21-11-14(7-15(21)16(18)24)28(26,27)23-5-3-12(4-6-23)8-19-17(25)13-9-20-22(2)10-13/h7,9-12H,3-6,8H2,1-2H3,(H2,18,24)(H,19,25). The quantitative estimate of drug-likeness (QED) is 0.676. The van der Waals surface area contributed by atoms with Crippen LogP contribution in [0.4, 0.5) is 0 Å². The molecule has 0 unspecified atom stereocenters. The molecule has 1 fully saturated rings. The van der Waals surface area contributed by atoms with E-state index in [4.69, 9.17) is 5.73 Å². The van der Waals surface area contributed by atoms with Crippen molar-refractivity contribution in [3.05, 3.63) is 35.9 Å². The summed E-state index contributed by atoms with van der Waals surface area (Å²) >= 11 is 0. The number of aryl methyl sites for hydroxylation is 2. The molecule has 1 aliphatic heterocycles. The average molecular weight is 408 g/mol. The van der Waals surface area contributed by atoms with Gasteiger partial charge in [0, 0.05) is 46.1 Å². The number of rotatable bonds is 6. The van der Waals surface area contributed by atoms with Crippen LogP contribution in [0.25, 0.3) is 0 Å². The molecule has 2 aromatic heterocycles. The molecule has 10 nitrogen and oxygen atoms in total. The fourth-order valence-electron chi connectivity index (χ4n) is 3.30. The maximum atomic E-state index is 12.8. The van der Waals surface area contributed by atoms with Crippen LogP contribution >= 0.6 is 0 Å². The number of nitrogens with two attached hydrogens (primary N) is 1. The highest BCUT2D eigenvalue weighted by atomic mass is 32.2. The molecule has 0 aromatic carbocycles. The van der Waals surface area contributed by atoms with Crippen molar-refractivity contribution in [3.63, 3.8) is 0 Å². The first-order valence-corrected chi connectivity index (χ1v) is 10.4. The zero-order valence-electron chi connectivity index (χ0n) is 15.8. The van der Waals surface area contributed by atoms with Crippen molar-refractivity contribution in [1.29, 1.82) is 0 Å². The third-order valence-corrected chi connectivity index (χ3v) is 6.83. The van der Waals surface area contributed by atoms with E-state index in [1.807, 2.05) is 0 Å². The molecular formula is C17H24N6O4S. The zero-order chi connectivity index (χ0) is 20.5. The number of sulfonamides is 1. The van der Waals surface area contributed by atoms with Gasteiger partial charge in [0.2, 0.25) is 10.0 Å². The van der Waals surface area contributed by atoms with Crippen LogP contribution in [0.2, 0.25) is 0 Å². The highest BCUT2D eigenvalue weighted by Crippen LogP contribution is 2.24. The molecule has 152 valence electrons. The van der Waals surface area contributed by atoms with Gasteiger partial charge in [-0.3, -0.25) is 14.3 Å². The van der Waals surface area contributed by atoms with E-state index in [1.165, 1.54) is 27.3 Å². The molecule has 28 heavy (non-hydrogen) atoms. The Hall–Kier alpha value is -2.66. The Bertz CT molecular complexity index is 985. The average Bonchev–Trinajstić information content (AvgIpc) is 3.26. The van der Waals surface area contributed by atoms with Crippen molar-refractivity contribution >= 4 is 21.8 Å². The van der Waals surface area contributed by atoms with Gasteiger partial charge in [-0.1, -0.05) is 0 Å². The lowest BCUT2D eigenvalue weighted by Crippen LogP contribution is -2.41. The Morgan fingerprint density at radius 2 is 1.93 bits per heavy atom. The van der Waals surface area contributed by atoms with E-state index < -0.39 is 15.9 Å². The summed E-state index contributed by atoms with van der Waals surface area (Å²) in [4.78, 5) is 23.5. The number of carbonyl (C=O) groups excluding carboxylic acids is 2. The fourth-order valence-corrected chi connectivity index (χ4v) is 4.84. The van der Waals surface area contributed by atoms with Crippen LogP contribution in [0.5, 0.6) is 0 Å². The molecule has 3 rings (SSSR count). The molecule has 0 radical (unpaired) electrons. The van der Waals surface area contributed by atoms with Gasteiger partial charge in [-0.2, -0.15) is 9.40 Å². The van der Waals surface area contributed by atoms with Crippen LogP contribution < -0.4 is 11.1 Å². The number of amides is 2. The topological polar surface area (TPSA) is 132 Å². The maximum Gasteiger partial charge on any atom is 0.265 e. The molecule has 11 heteroatoms. The number of nitrogens with zero attached hydrogens (tertiary/aromatic N) is 4. The first kappa shape index (κ1) is 20.1. The molecule has 0 saturated carbocycles. The van der Waals surface area contributed by atoms with Gasteiger partial charge in [-0.05, 0) is 24.8 Å². The van der Waals surface area contributed by atoms with Gasteiger partial charge in [-0.25, -0.2) is 8.42 Å². The lowest BCUT2D eigenvalue weighted by molar-refractivity contribution is 0.0940. The smallest absolute Gasteiger partial charge is 0.265 e. The van der Waals surface area contributed by atoms with Gasteiger partial charge in [0.1, 0.15) is 10.6 Å². The lowest BCUT2D eigenvalue weighted by atomic mass is 9.98. The normalized spacial score (nSPS) is 16.2. The summed E-state index contributed by atoms with van der Waals surface area (Å²) in [5.74, 6) is -0.664. The highest BCUT2D eigenvalue weighted by Gasteiger charge is 2.31. The zero-order valence-corrected chi connectivity index (χ0v) is 16.6. The Morgan fingerprint density at radius 3 is 2.46 bits per heavy atom. The first-order chi connectivity index (χ1) is 13.2. The van der Waals surface area contributed by atoms with Gasteiger partial charge in [-0.15, -0.1) is 0 Å². The van der Waals surface area contributed by atoms with E-state index in [0.29, 0.717) is 38.0 Å². The minimum atomic E-state index is -3.69. The van der Waals surface area contributed by atoms with Gasteiger partial charge in [0.15, 0.2) is 0 Å². The molecule has 0 spiro atoms. The van der Waals surface area contributed by atoms with Gasteiger partial charge in [0.05, 0.1) is 11.8 Å². The third-order valence-electron chi connectivity index (χ3n) is 4.96. The first-order valence-electron chi connectivity index (χ1n) is 8.91. The van der Waals surface area contributed by atoms with Crippen molar-refractivity contribution < 1.29 is 18.0 Å². The molecular weight excluding hydrogens is 384 g/mol. The minimum Gasteiger partial charge on any atom is -0.364 e. The van der Waals surface area contributed by atoms with E-state index in [2.05, 4.69) is 10.4 Å². The summed E-state index contributed by atoms with van der Waals surface area (Å²) in [6.45, 7) is 1.20. The number of hydrogen-bond acceptors (Lipinski definition) is 5. The van der Waals surface area contributed by atoms with Crippen molar-refractivity contribution in [3.8, 4) is 0 Å². The predicted molar refractivity (Wildman–Crippen MR) is 101 cm³/mol. The monoisotopic (exact) mass is 408 g/mol. The molecule has 0 bridgehead atoms. The molecule has 3 heterocycles. The summed E-state index contributed by atoms with van der Waals surface area (Å²) < 4.78 is 30.0. The molecule has 2 aromatic rings. The summed E-state index contributed by atoms with van der Waals surface area (Å²) in [5, 5.41) is 6.84. The van der Waals surface area contributed by atoms with Crippen LogP contribution in [0.1, 0.15) is 33.7 Å². The van der Waals surface area contributed by atoms with E-state index >= 15 is 0 Å². The molecule has 0 aliphatic carbocycles. The molecule has 1 aliphatic rings. The number of primary amides is 1. The minimum absolute atomic E-state index is 0.0622. The van der Waals surface area contributed by atoms with Gasteiger partial charge in [0.25, 0.3) is 11.8 Å². The number of piperidine rings is 1. The largest absolute Gasteiger partial charge is 0.364 e. The second kappa shape index (κ2) is 7.76. The summed E-state index contributed by atoms with van der Waals surface area (Å²) in [7, 11) is -0.364. The van der Waals surface area contributed by atoms with E-state index in [0.717, 1.165) is 0 Å². The van der Waals surface area contributed by atoms with Gasteiger partial charge >= 0.3 is 0 Å². The SMILES string of the molecule is Cn1cc(C(=O)NCC2CCN(S(=O)(=O)c3cc(C(N)=O)n(C)c3)CC2)cn1. The predicted octanol–water partition coefficient (Wildman–Crippen LogP) is -0.312. The Balaban J connectivity index is 1.56. The van der Waals surface area contributed by atoms with Crippen LogP contribution in [0, 0.1) is 5.92 Å². The summed E-state index contributed by atoms with van der Waals surface area (Å²) in [6, 6.07) is 1.30. The van der Waals surface area contributed by atoms with Crippen LogP contribution in [0.15, 0.2) is 29.6 Å². The number of hydrogen-bond donors (Lipinski definition) is 2. The Kier molecular flexibility index (Phi) is 5.57. The molecule has 2 amide bonds. The maximum absolute atomic E-state index is 12.8. The number of nitrogens with one attached hydrogen (secondary N) is 1. The molecule has 1 saturated heterocycles. The van der Waals surface area contributed by atoms with Crippen molar-refractivity contribution in [2.24, 2.45) is 25.7 Å². The van der Waals surface area contributed by atoms with Crippen molar-refractivity contribution in [2.75, 3.05) is 19.6 Å². The lowest BCUT2D eigenvalue weighted by Gasteiger charge is -2.31. The number of aromatic nitrogens is 3. The van der Waals surface area contributed by atoms with E-state index in [-0.39, 0.29) is 22.4 Å². The molecule has 0 atom stereocenters. The van der Waals surface area contributed by atoms with Crippen LogP contribution in [0.3, 0.4) is 0 Å². The Morgan fingerprint density at radius 1 is 1.25 bits per heavy atom. The number of carbonyl (C=O) groups is 2. The second-order valence-electron chi connectivity index (χ2n) is 7.00. The fraction of sp³-hybridized carbons (Fsp3) is 0.471. The second-order valence-corrected chi connectivity index (χ2v) is 8.93. The third kappa shape index (κ3) is 4.09. The van der Waals surface area contributed by atoms with Gasteiger partial charge < -0.3 is 15.6 Å². The van der Waals surface area contributed by atoms with Crippen molar-refractivity contribution in [1.82, 2.24) is 24.0 Å².